The molecule has 1 atom stereocenters. The highest BCUT2D eigenvalue weighted by molar-refractivity contribution is 5.28. The summed E-state index contributed by atoms with van der Waals surface area (Å²) in [5, 5.41) is 13.0. The predicted molar refractivity (Wildman–Crippen MR) is 66.5 cm³/mol. The first kappa shape index (κ1) is 12.5. The van der Waals surface area contributed by atoms with E-state index in [2.05, 4.69) is 5.32 Å². The average molecular weight is 237 g/mol. The van der Waals surface area contributed by atoms with E-state index in [1.807, 2.05) is 13.0 Å². The number of hydrogen-bond donors (Lipinski definition) is 2. The Kier molecular flexibility index (Phi) is 3.79. The molecule has 17 heavy (non-hydrogen) atoms. The molecule has 94 valence electrons. The van der Waals surface area contributed by atoms with Crippen molar-refractivity contribution in [3.8, 4) is 0 Å². The van der Waals surface area contributed by atoms with Crippen molar-refractivity contribution >= 4 is 0 Å². The molecule has 0 radical (unpaired) electrons. The van der Waals surface area contributed by atoms with Crippen molar-refractivity contribution in [2.75, 3.05) is 19.7 Å². The number of aliphatic hydroxyl groups is 1. The normalized spacial score (nSPS) is 24.9. The van der Waals surface area contributed by atoms with Gasteiger partial charge in [0, 0.05) is 12.0 Å². The molecule has 3 heteroatoms. The van der Waals surface area contributed by atoms with E-state index < -0.39 is 0 Å². The van der Waals surface area contributed by atoms with Gasteiger partial charge in [-0.3, -0.25) is 0 Å². The van der Waals surface area contributed by atoms with Crippen LogP contribution in [0.4, 0.5) is 4.39 Å². The summed E-state index contributed by atoms with van der Waals surface area (Å²) in [5.74, 6) is -0.192. The zero-order chi connectivity index (χ0) is 12.3. The molecule has 0 spiro atoms. The average Bonchev–Trinajstić information content (AvgIpc) is 2.35. The van der Waals surface area contributed by atoms with Crippen LogP contribution < -0.4 is 5.32 Å². The minimum Gasteiger partial charge on any atom is -0.396 e. The van der Waals surface area contributed by atoms with E-state index >= 15 is 0 Å². The molecule has 1 saturated heterocycles. The van der Waals surface area contributed by atoms with Crippen LogP contribution in [0, 0.1) is 18.2 Å². The molecule has 0 bridgehead atoms. The molecule has 1 aliphatic rings. The van der Waals surface area contributed by atoms with Gasteiger partial charge in [0.1, 0.15) is 5.82 Å². The maximum atomic E-state index is 13.3. The van der Waals surface area contributed by atoms with E-state index in [0.29, 0.717) is 0 Å². The summed E-state index contributed by atoms with van der Waals surface area (Å²) in [7, 11) is 0. The second-order valence-corrected chi connectivity index (χ2v) is 5.19. The van der Waals surface area contributed by atoms with Gasteiger partial charge in [0.2, 0.25) is 0 Å². The van der Waals surface area contributed by atoms with Crippen LogP contribution in [0.25, 0.3) is 0 Å². The van der Waals surface area contributed by atoms with Crippen molar-refractivity contribution in [1.29, 1.82) is 0 Å². The Bertz CT molecular complexity index is 386. The first-order valence-electron chi connectivity index (χ1n) is 6.22. The molecule has 2 N–H and O–H groups in total. The van der Waals surface area contributed by atoms with Crippen molar-refractivity contribution in [2.24, 2.45) is 5.41 Å². The third-order valence-corrected chi connectivity index (χ3v) is 3.77. The summed E-state index contributed by atoms with van der Waals surface area (Å²) >= 11 is 0. The highest BCUT2D eigenvalue weighted by atomic mass is 19.1. The predicted octanol–water partition coefficient (Wildman–Crippen LogP) is 2.04. The van der Waals surface area contributed by atoms with Gasteiger partial charge in [-0.05, 0) is 56.0 Å². The Hall–Kier alpha value is -0.930. The van der Waals surface area contributed by atoms with Crippen molar-refractivity contribution in [3.63, 3.8) is 0 Å². The lowest BCUT2D eigenvalue weighted by Crippen LogP contribution is -2.44. The quantitative estimate of drug-likeness (QED) is 0.843. The molecular formula is C14H20FNO. The van der Waals surface area contributed by atoms with Crippen LogP contribution in [0.5, 0.6) is 0 Å². The van der Waals surface area contributed by atoms with E-state index in [4.69, 9.17) is 0 Å². The van der Waals surface area contributed by atoms with Crippen molar-refractivity contribution in [1.82, 2.24) is 5.32 Å². The molecule has 0 aromatic heterocycles. The molecule has 2 rings (SSSR count). The number of aliphatic hydroxyl groups excluding tert-OH is 1. The molecular weight excluding hydrogens is 217 g/mol. The monoisotopic (exact) mass is 237 g/mol. The Morgan fingerprint density at radius 3 is 2.94 bits per heavy atom. The summed E-state index contributed by atoms with van der Waals surface area (Å²) in [6.45, 7) is 4.00. The first-order valence-corrected chi connectivity index (χ1v) is 6.22. The molecule has 1 aromatic rings. The van der Waals surface area contributed by atoms with Gasteiger partial charge < -0.3 is 10.4 Å². The Balaban J connectivity index is 2.20. The van der Waals surface area contributed by atoms with Crippen LogP contribution in [0.1, 0.15) is 24.0 Å². The fourth-order valence-corrected chi connectivity index (χ4v) is 2.61. The van der Waals surface area contributed by atoms with Gasteiger partial charge in [-0.2, -0.15) is 0 Å². The zero-order valence-corrected chi connectivity index (χ0v) is 10.3. The third kappa shape index (κ3) is 2.85. The van der Waals surface area contributed by atoms with E-state index in [0.717, 1.165) is 43.5 Å². The zero-order valence-electron chi connectivity index (χ0n) is 10.3. The highest BCUT2D eigenvalue weighted by Crippen LogP contribution is 2.31. The number of aryl methyl sites for hydroxylation is 1. The van der Waals surface area contributed by atoms with Crippen LogP contribution in [0.15, 0.2) is 18.2 Å². The van der Waals surface area contributed by atoms with E-state index in [-0.39, 0.29) is 17.8 Å². The molecule has 0 saturated carbocycles. The summed E-state index contributed by atoms with van der Waals surface area (Å²) in [4.78, 5) is 0. The lowest BCUT2D eigenvalue weighted by molar-refractivity contribution is 0.0946. The second kappa shape index (κ2) is 5.15. The van der Waals surface area contributed by atoms with Gasteiger partial charge in [-0.25, -0.2) is 4.39 Å². The molecule has 1 aliphatic heterocycles. The second-order valence-electron chi connectivity index (χ2n) is 5.19. The van der Waals surface area contributed by atoms with Crippen molar-refractivity contribution in [2.45, 2.75) is 26.2 Å². The molecule has 2 nitrogen and oxygen atoms in total. The summed E-state index contributed by atoms with van der Waals surface area (Å²) in [6.07, 6.45) is 2.83. The molecule has 1 unspecified atom stereocenters. The van der Waals surface area contributed by atoms with E-state index in [1.165, 1.54) is 6.07 Å². The lowest BCUT2D eigenvalue weighted by Gasteiger charge is -2.36. The number of rotatable bonds is 3. The van der Waals surface area contributed by atoms with Gasteiger partial charge in [-0.15, -0.1) is 0 Å². The minimum absolute atomic E-state index is 0.114. The largest absolute Gasteiger partial charge is 0.396 e. The molecule has 1 fully saturated rings. The fraction of sp³-hybridized carbons (Fsp3) is 0.571. The number of benzene rings is 1. The fourth-order valence-electron chi connectivity index (χ4n) is 2.61. The topological polar surface area (TPSA) is 32.3 Å². The number of nitrogens with one attached hydrogen (secondary N) is 1. The SMILES string of the molecule is Cc1ccc(F)cc1CC1(CO)CCCNC1. The van der Waals surface area contributed by atoms with Gasteiger partial charge in [-0.1, -0.05) is 6.07 Å². The summed E-state index contributed by atoms with van der Waals surface area (Å²) in [6, 6.07) is 4.90. The van der Waals surface area contributed by atoms with Crippen LogP contribution in [-0.4, -0.2) is 24.8 Å². The van der Waals surface area contributed by atoms with Crippen LogP contribution >= 0.6 is 0 Å². The minimum atomic E-state index is -0.192. The Morgan fingerprint density at radius 2 is 2.29 bits per heavy atom. The summed E-state index contributed by atoms with van der Waals surface area (Å²) < 4.78 is 13.3. The van der Waals surface area contributed by atoms with Crippen LogP contribution in [0.3, 0.4) is 0 Å². The first-order chi connectivity index (χ1) is 8.15. The Labute approximate surface area is 102 Å². The number of hydrogen-bond acceptors (Lipinski definition) is 2. The van der Waals surface area contributed by atoms with Gasteiger partial charge >= 0.3 is 0 Å². The molecule has 0 amide bonds. The van der Waals surface area contributed by atoms with Gasteiger partial charge in [0.25, 0.3) is 0 Å². The van der Waals surface area contributed by atoms with Gasteiger partial charge in [0.15, 0.2) is 0 Å². The Morgan fingerprint density at radius 1 is 1.47 bits per heavy atom. The molecule has 0 aliphatic carbocycles. The van der Waals surface area contributed by atoms with E-state index in [1.54, 1.807) is 6.07 Å². The maximum absolute atomic E-state index is 13.3. The highest BCUT2D eigenvalue weighted by Gasteiger charge is 2.31. The smallest absolute Gasteiger partial charge is 0.123 e. The maximum Gasteiger partial charge on any atom is 0.123 e. The van der Waals surface area contributed by atoms with Crippen molar-refractivity contribution in [3.05, 3.63) is 35.1 Å². The molecule has 1 aromatic carbocycles. The van der Waals surface area contributed by atoms with E-state index in [9.17, 15) is 9.50 Å². The standard InChI is InChI=1S/C14H20FNO/c1-11-3-4-13(15)7-12(11)8-14(10-17)5-2-6-16-9-14/h3-4,7,16-17H,2,5-6,8-10H2,1H3. The number of piperidine rings is 1. The summed E-state index contributed by atoms with van der Waals surface area (Å²) in [5.41, 5.74) is 2.00. The lowest BCUT2D eigenvalue weighted by atomic mass is 9.76. The molecule has 1 heterocycles. The number of halogens is 1. The van der Waals surface area contributed by atoms with Crippen LogP contribution in [-0.2, 0) is 6.42 Å². The third-order valence-electron chi connectivity index (χ3n) is 3.77. The van der Waals surface area contributed by atoms with Crippen molar-refractivity contribution < 1.29 is 9.50 Å². The van der Waals surface area contributed by atoms with Gasteiger partial charge in [0.05, 0.1) is 6.61 Å². The van der Waals surface area contributed by atoms with Crippen LogP contribution in [0.2, 0.25) is 0 Å².